The van der Waals surface area contributed by atoms with Gasteiger partial charge in [-0.3, -0.25) is 4.79 Å². The third-order valence-electron chi connectivity index (χ3n) is 4.47. The van der Waals surface area contributed by atoms with Crippen LogP contribution in [0.15, 0.2) is 83.1 Å². The van der Waals surface area contributed by atoms with Crippen LogP contribution in [0.2, 0.25) is 0 Å². The third-order valence-corrected chi connectivity index (χ3v) is 6.28. The Kier molecular flexibility index (Phi) is 17.5. The summed E-state index contributed by atoms with van der Waals surface area (Å²) in [6.07, 6.45) is 9.58. The summed E-state index contributed by atoms with van der Waals surface area (Å²) in [5.41, 5.74) is 5.72. The van der Waals surface area contributed by atoms with Gasteiger partial charge < -0.3 is 16.5 Å². The van der Waals surface area contributed by atoms with E-state index in [2.05, 4.69) is 39.6 Å². The van der Waals surface area contributed by atoms with Gasteiger partial charge in [0.2, 0.25) is 6.41 Å². The molecule has 1 fully saturated rings. The van der Waals surface area contributed by atoms with Crippen LogP contribution in [0.1, 0.15) is 42.5 Å². The maximum atomic E-state index is 10.5. The van der Waals surface area contributed by atoms with Crippen LogP contribution in [0.3, 0.4) is 0 Å². The minimum Gasteiger partial charge on any atom is -0.345 e. The van der Waals surface area contributed by atoms with Gasteiger partial charge in [-0.05, 0) is 48.1 Å². The van der Waals surface area contributed by atoms with Crippen LogP contribution in [0.25, 0.3) is 0 Å². The van der Waals surface area contributed by atoms with Crippen molar-refractivity contribution < 1.29 is 4.79 Å². The Morgan fingerprint density at radius 2 is 1.52 bits per heavy atom. The van der Waals surface area contributed by atoms with Crippen molar-refractivity contribution in [3.05, 3.63) is 88.6 Å². The Labute approximate surface area is 207 Å². The molecule has 1 amide bonds. The molecule has 1 saturated carbocycles. The molecule has 2 aromatic carbocycles. The van der Waals surface area contributed by atoms with Crippen LogP contribution in [-0.4, -0.2) is 30.6 Å². The third kappa shape index (κ3) is 14.3. The molecule has 33 heavy (non-hydrogen) atoms. The van der Waals surface area contributed by atoms with Gasteiger partial charge in [-0.15, -0.1) is 11.3 Å². The number of nitrogens with zero attached hydrogens (tertiary/aromatic N) is 1. The van der Waals surface area contributed by atoms with Crippen molar-refractivity contribution in [1.82, 2.24) is 9.62 Å². The SMILES string of the molecule is C1CCCC1.CN.N=Cc1cccs1.O=CNCN(Cc1ccccc1)Sc1ccccc1. The molecule has 5 nitrogen and oxygen atoms in total. The molecule has 0 unspecified atom stereocenters. The van der Waals surface area contributed by atoms with Crippen LogP contribution in [0, 0.1) is 5.41 Å². The number of thiophene rings is 1. The number of nitrogens with one attached hydrogen (secondary N) is 2. The Bertz CT molecular complexity index is 777. The Balaban J connectivity index is 0.000000315. The summed E-state index contributed by atoms with van der Waals surface area (Å²) in [6.45, 7) is 1.29. The second-order valence-corrected chi connectivity index (χ2v) is 9.09. The van der Waals surface area contributed by atoms with E-state index >= 15 is 0 Å². The van der Waals surface area contributed by atoms with Gasteiger partial charge in [0, 0.05) is 22.5 Å². The summed E-state index contributed by atoms with van der Waals surface area (Å²) < 4.78 is 2.11. The van der Waals surface area contributed by atoms with E-state index in [1.807, 2.05) is 53.9 Å². The maximum absolute atomic E-state index is 10.5. The molecule has 0 atom stereocenters. The summed E-state index contributed by atoms with van der Waals surface area (Å²) in [5.74, 6) is 0. The highest BCUT2D eigenvalue weighted by Gasteiger charge is 2.07. The monoisotopic (exact) mass is 484 g/mol. The fraction of sp³-hybridized carbons (Fsp3) is 0.308. The average molecular weight is 485 g/mol. The quantitative estimate of drug-likeness (QED) is 0.154. The van der Waals surface area contributed by atoms with Gasteiger partial charge in [0.05, 0.1) is 6.67 Å². The minimum absolute atomic E-state index is 0.512. The van der Waals surface area contributed by atoms with Gasteiger partial charge in [-0.2, -0.15) is 0 Å². The molecule has 1 aliphatic carbocycles. The molecule has 4 N–H and O–H groups in total. The highest BCUT2D eigenvalue weighted by Crippen LogP contribution is 2.23. The molecule has 7 heteroatoms. The van der Waals surface area contributed by atoms with Gasteiger partial charge in [0.25, 0.3) is 0 Å². The molecule has 1 aliphatic rings. The molecule has 3 aromatic rings. The summed E-state index contributed by atoms with van der Waals surface area (Å²) >= 11 is 3.22. The lowest BCUT2D eigenvalue weighted by Gasteiger charge is -2.20. The Morgan fingerprint density at radius 1 is 0.939 bits per heavy atom. The van der Waals surface area contributed by atoms with E-state index in [-0.39, 0.29) is 0 Å². The highest BCUT2D eigenvalue weighted by atomic mass is 32.2. The summed E-state index contributed by atoms with van der Waals surface area (Å²) in [5, 5.41) is 11.4. The fourth-order valence-electron chi connectivity index (χ4n) is 2.93. The molecular formula is C26H36N4OS2. The average Bonchev–Trinajstić information content (AvgIpc) is 3.63. The van der Waals surface area contributed by atoms with Gasteiger partial charge in [0.15, 0.2) is 0 Å². The van der Waals surface area contributed by atoms with E-state index in [0.717, 1.165) is 22.7 Å². The second kappa shape index (κ2) is 20.2. The van der Waals surface area contributed by atoms with Crippen molar-refractivity contribution in [1.29, 1.82) is 5.41 Å². The summed E-state index contributed by atoms with van der Waals surface area (Å²) in [4.78, 5) is 12.6. The number of hydrogen-bond donors (Lipinski definition) is 3. The number of nitrogens with two attached hydrogens (primary N) is 1. The van der Waals surface area contributed by atoms with Gasteiger partial charge >= 0.3 is 0 Å². The Morgan fingerprint density at radius 3 is 1.97 bits per heavy atom. The number of hydrogen-bond acceptors (Lipinski definition) is 6. The lowest BCUT2D eigenvalue weighted by atomic mass is 10.2. The lowest BCUT2D eigenvalue weighted by molar-refractivity contribution is -0.109. The first kappa shape index (κ1) is 28.6. The van der Waals surface area contributed by atoms with Crippen molar-refractivity contribution in [3.63, 3.8) is 0 Å². The van der Waals surface area contributed by atoms with E-state index in [0.29, 0.717) is 6.67 Å². The van der Waals surface area contributed by atoms with E-state index in [9.17, 15) is 4.79 Å². The molecule has 0 radical (unpaired) electrons. The van der Waals surface area contributed by atoms with E-state index in [4.69, 9.17) is 5.41 Å². The van der Waals surface area contributed by atoms with Crippen molar-refractivity contribution in [2.75, 3.05) is 13.7 Å². The number of rotatable bonds is 8. The van der Waals surface area contributed by atoms with Gasteiger partial charge in [-0.25, -0.2) is 4.31 Å². The molecular weight excluding hydrogens is 448 g/mol. The summed E-state index contributed by atoms with van der Waals surface area (Å²) in [7, 11) is 1.50. The first-order valence-corrected chi connectivity index (χ1v) is 12.8. The standard InChI is InChI=1S/C15H16N2OS.C5H5NS.C5H10.CH5N/c18-13-16-12-17(11-14-7-3-1-4-8-14)19-15-9-5-2-6-10-15;6-4-5-2-1-3-7-5;1-2-4-5-3-1;1-2/h1-10,13H,11-12H2,(H,16,18);1-4,6H;1-5H2;2H2,1H3. The molecule has 178 valence electrons. The number of benzene rings is 2. The molecule has 0 aliphatic heterocycles. The van der Waals surface area contributed by atoms with Crippen molar-refractivity contribution in [2.24, 2.45) is 5.73 Å². The first-order valence-electron chi connectivity index (χ1n) is 11.1. The molecule has 0 bridgehead atoms. The zero-order valence-corrected chi connectivity index (χ0v) is 21.0. The van der Waals surface area contributed by atoms with Crippen LogP contribution in [0.5, 0.6) is 0 Å². The van der Waals surface area contributed by atoms with E-state index in [1.165, 1.54) is 50.9 Å². The first-order chi connectivity index (χ1) is 16.3. The number of carbonyl (C=O) groups is 1. The Hall–Kier alpha value is -2.45. The molecule has 1 heterocycles. The predicted octanol–water partition coefficient (Wildman–Crippen LogP) is 6.17. The van der Waals surface area contributed by atoms with Gasteiger partial charge in [0.1, 0.15) is 0 Å². The minimum atomic E-state index is 0.512. The van der Waals surface area contributed by atoms with Crippen molar-refractivity contribution in [2.45, 2.75) is 43.5 Å². The molecule has 0 saturated heterocycles. The maximum Gasteiger partial charge on any atom is 0.208 e. The van der Waals surface area contributed by atoms with Crippen LogP contribution in [-0.2, 0) is 11.3 Å². The number of carbonyl (C=O) groups excluding carboxylic acids is 1. The molecule has 0 spiro atoms. The largest absolute Gasteiger partial charge is 0.345 e. The molecule has 4 rings (SSSR count). The predicted molar refractivity (Wildman–Crippen MR) is 144 cm³/mol. The zero-order valence-electron chi connectivity index (χ0n) is 19.4. The highest BCUT2D eigenvalue weighted by molar-refractivity contribution is 7.97. The lowest BCUT2D eigenvalue weighted by Crippen LogP contribution is -2.27. The van der Waals surface area contributed by atoms with E-state index in [1.54, 1.807) is 23.3 Å². The van der Waals surface area contributed by atoms with E-state index < -0.39 is 0 Å². The number of amides is 1. The summed E-state index contributed by atoms with van der Waals surface area (Å²) in [6, 6.07) is 24.2. The van der Waals surface area contributed by atoms with Gasteiger partial charge in [-0.1, -0.05) is 86.7 Å². The van der Waals surface area contributed by atoms with Crippen LogP contribution in [0.4, 0.5) is 0 Å². The molecule has 1 aromatic heterocycles. The normalized spacial score (nSPS) is 11.6. The second-order valence-electron chi connectivity index (χ2n) is 6.94. The zero-order chi connectivity index (χ0) is 24.0. The topological polar surface area (TPSA) is 82.2 Å². The van der Waals surface area contributed by atoms with Crippen molar-refractivity contribution in [3.8, 4) is 0 Å². The van der Waals surface area contributed by atoms with Crippen LogP contribution < -0.4 is 11.1 Å². The van der Waals surface area contributed by atoms with Crippen molar-refractivity contribution >= 4 is 35.9 Å². The smallest absolute Gasteiger partial charge is 0.208 e. The van der Waals surface area contributed by atoms with Crippen LogP contribution >= 0.6 is 23.3 Å². The fourth-order valence-corrected chi connectivity index (χ4v) is 4.40.